The normalized spacial score (nSPS) is 14.4. The molecule has 0 aliphatic heterocycles. The Labute approximate surface area is 123 Å². The monoisotopic (exact) mass is 331 g/mol. The summed E-state index contributed by atoms with van der Waals surface area (Å²) in [5.41, 5.74) is -0.158. The summed E-state index contributed by atoms with van der Waals surface area (Å²) in [5.74, 6) is 1.00. The van der Waals surface area contributed by atoms with E-state index in [2.05, 4.69) is 47.2 Å². The lowest BCUT2D eigenvalue weighted by molar-refractivity contribution is 0.171. The highest BCUT2D eigenvalue weighted by Gasteiger charge is 2.21. The van der Waals surface area contributed by atoms with E-state index in [4.69, 9.17) is 0 Å². The van der Waals surface area contributed by atoms with Crippen molar-refractivity contribution >= 4 is 27.7 Å². The number of aliphatic hydroxyl groups is 1. The summed E-state index contributed by atoms with van der Waals surface area (Å²) in [6.45, 7) is 5.37. The second-order valence-electron chi connectivity index (χ2n) is 4.70. The average Bonchev–Trinajstić information content (AvgIpc) is 2.36. The van der Waals surface area contributed by atoms with Gasteiger partial charge in [-0.15, -0.1) is 11.8 Å². The zero-order valence-corrected chi connectivity index (χ0v) is 13.5. The van der Waals surface area contributed by atoms with Gasteiger partial charge in [0.25, 0.3) is 0 Å². The van der Waals surface area contributed by atoms with E-state index in [1.807, 2.05) is 23.9 Å². The Morgan fingerprint density at radius 1 is 1.44 bits per heavy atom. The van der Waals surface area contributed by atoms with Gasteiger partial charge in [-0.1, -0.05) is 28.9 Å². The fraction of sp³-hybridized carbons (Fsp3) is 0.571. The summed E-state index contributed by atoms with van der Waals surface area (Å²) in [6, 6.07) is 8.32. The molecule has 1 aromatic carbocycles. The lowest BCUT2D eigenvalue weighted by Gasteiger charge is -2.28. The molecule has 0 aromatic heterocycles. The minimum atomic E-state index is -0.158. The molecule has 1 aromatic rings. The van der Waals surface area contributed by atoms with E-state index >= 15 is 0 Å². The Hall–Kier alpha value is -0.0300. The molecule has 2 nitrogen and oxygen atoms in total. The van der Waals surface area contributed by atoms with E-state index in [-0.39, 0.29) is 12.1 Å². The first-order valence-electron chi connectivity index (χ1n) is 6.34. The van der Waals surface area contributed by atoms with Crippen LogP contribution in [-0.4, -0.2) is 29.5 Å². The molecule has 4 heteroatoms. The number of aliphatic hydroxyl groups excluding tert-OH is 1. The van der Waals surface area contributed by atoms with Crippen LogP contribution < -0.4 is 5.32 Å². The minimum Gasteiger partial charge on any atom is -0.394 e. The van der Waals surface area contributed by atoms with Crippen molar-refractivity contribution in [1.82, 2.24) is 5.32 Å². The summed E-state index contributed by atoms with van der Waals surface area (Å²) in [4.78, 5) is 1.26. The third kappa shape index (κ3) is 5.74. The van der Waals surface area contributed by atoms with Crippen molar-refractivity contribution in [2.24, 2.45) is 0 Å². The molecule has 1 unspecified atom stereocenters. The quantitative estimate of drug-likeness (QED) is 0.712. The van der Waals surface area contributed by atoms with Crippen LogP contribution in [0.15, 0.2) is 33.6 Å². The van der Waals surface area contributed by atoms with E-state index in [0.717, 1.165) is 29.6 Å². The van der Waals surface area contributed by atoms with Gasteiger partial charge in [-0.3, -0.25) is 0 Å². The van der Waals surface area contributed by atoms with Crippen LogP contribution >= 0.6 is 27.7 Å². The van der Waals surface area contributed by atoms with Crippen molar-refractivity contribution in [1.29, 1.82) is 0 Å². The number of benzene rings is 1. The fourth-order valence-corrected chi connectivity index (χ4v) is 3.33. The van der Waals surface area contributed by atoms with Crippen molar-refractivity contribution in [3.63, 3.8) is 0 Å². The van der Waals surface area contributed by atoms with Crippen molar-refractivity contribution in [3.8, 4) is 0 Å². The first-order chi connectivity index (χ1) is 8.59. The Morgan fingerprint density at radius 2 is 2.22 bits per heavy atom. The highest BCUT2D eigenvalue weighted by molar-refractivity contribution is 9.10. The van der Waals surface area contributed by atoms with E-state index in [9.17, 15) is 5.11 Å². The number of rotatable bonds is 8. The van der Waals surface area contributed by atoms with Gasteiger partial charge in [0.05, 0.1) is 6.61 Å². The van der Waals surface area contributed by atoms with Crippen LogP contribution in [-0.2, 0) is 0 Å². The van der Waals surface area contributed by atoms with E-state index in [1.165, 1.54) is 4.90 Å². The molecule has 0 saturated heterocycles. The van der Waals surface area contributed by atoms with Crippen LogP contribution in [0.25, 0.3) is 0 Å². The molecule has 18 heavy (non-hydrogen) atoms. The van der Waals surface area contributed by atoms with Gasteiger partial charge in [-0.05, 0) is 50.3 Å². The summed E-state index contributed by atoms with van der Waals surface area (Å²) in [7, 11) is 0. The number of hydrogen-bond acceptors (Lipinski definition) is 3. The van der Waals surface area contributed by atoms with E-state index in [1.54, 1.807) is 0 Å². The first-order valence-corrected chi connectivity index (χ1v) is 8.12. The molecule has 0 heterocycles. The van der Waals surface area contributed by atoms with Gasteiger partial charge in [0.1, 0.15) is 0 Å². The minimum absolute atomic E-state index is 0.158. The van der Waals surface area contributed by atoms with Crippen LogP contribution in [0.1, 0.15) is 26.7 Å². The summed E-state index contributed by atoms with van der Waals surface area (Å²) >= 11 is 5.30. The van der Waals surface area contributed by atoms with E-state index < -0.39 is 0 Å². The molecule has 0 aliphatic rings. The van der Waals surface area contributed by atoms with Gasteiger partial charge < -0.3 is 10.4 Å². The van der Waals surface area contributed by atoms with Gasteiger partial charge in [0.2, 0.25) is 0 Å². The molecular weight excluding hydrogens is 310 g/mol. The van der Waals surface area contributed by atoms with Gasteiger partial charge in [0, 0.05) is 14.9 Å². The molecule has 2 N–H and O–H groups in total. The predicted molar refractivity (Wildman–Crippen MR) is 83.3 cm³/mol. The van der Waals surface area contributed by atoms with E-state index in [0.29, 0.717) is 0 Å². The molecule has 1 rings (SSSR count). The maximum absolute atomic E-state index is 9.47. The lowest BCUT2D eigenvalue weighted by Crippen LogP contribution is -2.46. The topological polar surface area (TPSA) is 32.3 Å². The second-order valence-corrected chi connectivity index (χ2v) is 6.79. The molecule has 0 spiro atoms. The highest BCUT2D eigenvalue weighted by Crippen LogP contribution is 2.24. The maximum atomic E-state index is 9.47. The molecule has 0 radical (unpaired) electrons. The van der Waals surface area contributed by atoms with Crippen molar-refractivity contribution in [2.75, 3.05) is 18.9 Å². The fourth-order valence-electron chi connectivity index (χ4n) is 1.60. The molecule has 0 aliphatic carbocycles. The average molecular weight is 332 g/mol. The molecule has 0 bridgehead atoms. The second kappa shape index (κ2) is 8.20. The molecule has 0 amide bonds. The number of nitrogens with one attached hydrogen (secondary N) is 1. The van der Waals surface area contributed by atoms with Gasteiger partial charge in [0.15, 0.2) is 0 Å². The molecule has 1 atom stereocenters. The Bertz CT molecular complexity index is 361. The Balaban J connectivity index is 2.39. The standard InChI is InChI=1S/C14H22BrNOS/c1-3-8-16-14(2,11-17)7-9-18-13-6-4-5-12(15)10-13/h4-6,10,16-17H,3,7-9,11H2,1-2H3. The van der Waals surface area contributed by atoms with Crippen LogP contribution in [0.2, 0.25) is 0 Å². The van der Waals surface area contributed by atoms with Crippen molar-refractivity contribution < 1.29 is 5.11 Å². The van der Waals surface area contributed by atoms with Crippen LogP contribution in [0.5, 0.6) is 0 Å². The third-order valence-corrected chi connectivity index (χ3v) is 4.36. The van der Waals surface area contributed by atoms with Gasteiger partial charge >= 0.3 is 0 Å². The summed E-state index contributed by atoms with van der Waals surface area (Å²) < 4.78 is 1.11. The molecule has 0 saturated carbocycles. The van der Waals surface area contributed by atoms with Crippen molar-refractivity contribution in [3.05, 3.63) is 28.7 Å². The maximum Gasteiger partial charge on any atom is 0.0610 e. The first kappa shape index (κ1) is 16.0. The number of hydrogen-bond donors (Lipinski definition) is 2. The van der Waals surface area contributed by atoms with Gasteiger partial charge in [-0.2, -0.15) is 0 Å². The molecular formula is C14H22BrNOS. The zero-order chi connectivity index (χ0) is 13.4. The predicted octanol–water partition coefficient (Wildman–Crippen LogP) is 3.68. The number of thioether (sulfide) groups is 1. The largest absolute Gasteiger partial charge is 0.394 e. The summed E-state index contributed by atoms with van der Waals surface area (Å²) in [6.07, 6.45) is 2.05. The summed E-state index contributed by atoms with van der Waals surface area (Å²) in [5, 5.41) is 12.9. The van der Waals surface area contributed by atoms with Crippen LogP contribution in [0, 0.1) is 0 Å². The smallest absolute Gasteiger partial charge is 0.0610 e. The Kier molecular flexibility index (Phi) is 7.30. The van der Waals surface area contributed by atoms with Crippen LogP contribution in [0.4, 0.5) is 0 Å². The van der Waals surface area contributed by atoms with Crippen molar-refractivity contribution in [2.45, 2.75) is 37.1 Å². The Morgan fingerprint density at radius 3 is 2.83 bits per heavy atom. The highest BCUT2D eigenvalue weighted by atomic mass is 79.9. The lowest BCUT2D eigenvalue weighted by atomic mass is 10.0. The van der Waals surface area contributed by atoms with Crippen LogP contribution in [0.3, 0.4) is 0 Å². The third-order valence-electron chi connectivity index (χ3n) is 2.87. The number of halogens is 1. The molecule has 0 fully saturated rings. The molecule has 102 valence electrons. The zero-order valence-electron chi connectivity index (χ0n) is 11.1. The SMILES string of the molecule is CCCNC(C)(CO)CCSc1cccc(Br)c1. The van der Waals surface area contributed by atoms with Gasteiger partial charge in [-0.25, -0.2) is 0 Å².